The Morgan fingerprint density at radius 1 is 1.06 bits per heavy atom. The number of ether oxygens (including phenoxy) is 1. The van der Waals surface area contributed by atoms with E-state index in [1.54, 1.807) is 13.8 Å². The summed E-state index contributed by atoms with van der Waals surface area (Å²) in [6.45, 7) is 15.1. The second kappa shape index (κ2) is 7.75. The van der Waals surface area contributed by atoms with Crippen molar-refractivity contribution >= 4 is 5.78 Å². The predicted molar refractivity (Wildman–Crippen MR) is 135 cm³/mol. The Morgan fingerprint density at radius 2 is 1.74 bits per heavy atom. The van der Waals surface area contributed by atoms with Crippen LogP contribution in [0, 0.1) is 45.3 Å². The molecule has 10 atom stereocenters. The first kappa shape index (κ1) is 25.6. The topological polar surface area (TPSA) is 87.0 Å². The lowest BCUT2D eigenvalue weighted by atomic mass is 9.38. The summed E-state index contributed by atoms with van der Waals surface area (Å²) in [5.74, 6) is 1.15. The quantitative estimate of drug-likeness (QED) is 0.502. The molecule has 0 radical (unpaired) electrons. The van der Waals surface area contributed by atoms with E-state index in [2.05, 4.69) is 46.8 Å². The van der Waals surface area contributed by atoms with Gasteiger partial charge in [-0.2, -0.15) is 0 Å². The van der Waals surface area contributed by atoms with Gasteiger partial charge in [0.25, 0.3) is 0 Å². The molecule has 5 rings (SSSR count). The van der Waals surface area contributed by atoms with Crippen LogP contribution in [0.25, 0.3) is 0 Å². The molecule has 5 aliphatic rings. The third-order valence-corrected chi connectivity index (χ3v) is 11.7. The fourth-order valence-corrected chi connectivity index (χ4v) is 9.81. The maximum Gasteiger partial charge on any atom is 0.161 e. The average Bonchev–Trinajstić information content (AvgIpc) is 3.11. The highest BCUT2D eigenvalue weighted by atomic mass is 16.5. The zero-order chi connectivity index (χ0) is 25.8. The van der Waals surface area contributed by atoms with Crippen LogP contribution in [-0.2, 0) is 9.53 Å². The summed E-state index contributed by atoms with van der Waals surface area (Å²) in [5.41, 5.74) is -0.659. The van der Waals surface area contributed by atoms with Crippen LogP contribution in [0.2, 0.25) is 0 Å². The summed E-state index contributed by atoms with van der Waals surface area (Å²) >= 11 is 0. The first-order valence-corrected chi connectivity index (χ1v) is 13.7. The summed E-state index contributed by atoms with van der Waals surface area (Å²) in [6.07, 6.45) is 8.95. The summed E-state index contributed by atoms with van der Waals surface area (Å²) < 4.78 is 6.06. The minimum atomic E-state index is -1.07. The number of rotatable bonds is 2. The van der Waals surface area contributed by atoms with Gasteiger partial charge in [0.2, 0.25) is 0 Å². The molecule has 2 saturated carbocycles. The first-order chi connectivity index (χ1) is 16.1. The number of hydrogen-bond acceptors (Lipinski definition) is 5. The van der Waals surface area contributed by atoms with E-state index in [0.717, 1.165) is 19.3 Å². The number of carbonyl (C=O) groups is 1. The molecule has 3 fully saturated rings. The number of carbonyl (C=O) groups excluding carboxylic acids is 1. The number of hydrogen-bond donors (Lipinski definition) is 3. The molecule has 5 nitrogen and oxygen atoms in total. The van der Waals surface area contributed by atoms with Crippen molar-refractivity contribution in [2.24, 2.45) is 45.3 Å². The average molecular weight is 487 g/mol. The van der Waals surface area contributed by atoms with Crippen LogP contribution in [0.1, 0.15) is 80.6 Å². The van der Waals surface area contributed by atoms with E-state index in [0.29, 0.717) is 25.4 Å². The van der Waals surface area contributed by atoms with E-state index in [9.17, 15) is 20.1 Å². The maximum atomic E-state index is 12.8. The second-order valence-electron chi connectivity index (χ2n) is 14.3. The van der Waals surface area contributed by atoms with E-state index in [1.807, 2.05) is 6.08 Å². The van der Waals surface area contributed by atoms with Crippen LogP contribution >= 0.6 is 0 Å². The number of fused-ring (bicyclic) bond motifs is 5. The van der Waals surface area contributed by atoms with Gasteiger partial charge in [0, 0.05) is 10.8 Å². The van der Waals surface area contributed by atoms with Gasteiger partial charge in [-0.15, -0.1) is 0 Å². The Kier molecular flexibility index (Phi) is 5.68. The standard InChI is InChI=1S/C30H46O5/c1-26(2)22-15-24(33)30(7)20-9-8-18(17-14-19(31)25(35-16-17)27(3,4)34)28(20,5)12-10-21(30)29(22,6)13-11-23(26)32/h9,11,13,17-19,21-22,24-25,31,33-34H,8,10,12,14-16H2,1-7H3/t17-,18+,19-,21-,22+,24-,25-,28+,29-,30+/m1/s1. The van der Waals surface area contributed by atoms with Crippen LogP contribution < -0.4 is 0 Å². The third-order valence-electron chi connectivity index (χ3n) is 11.7. The van der Waals surface area contributed by atoms with Gasteiger partial charge >= 0.3 is 0 Å². The van der Waals surface area contributed by atoms with Gasteiger partial charge in [-0.25, -0.2) is 0 Å². The smallest absolute Gasteiger partial charge is 0.161 e. The van der Waals surface area contributed by atoms with E-state index < -0.39 is 29.3 Å². The van der Waals surface area contributed by atoms with E-state index >= 15 is 0 Å². The zero-order valence-corrected chi connectivity index (χ0v) is 22.7. The van der Waals surface area contributed by atoms with E-state index in [1.165, 1.54) is 5.57 Å². The van der Waals surface area contributed by atoms with Crippen molar-refractivity contribution in [2.75, 3.05) is 6.61 Å². The van der Waals surface area contributed by atoms with Crippen LogP contribution in [-0.4, -0.2) is 51.6 Å². The SMILES string of the molecule is CC(C)(O)[C@@H]1OC[C@H]([C@@H]2CC=C3[C@]4(C)[C@H](O)C[C@H]5C(C)(C)C(=O)C=C[C@]5(C)[C@H]4CC[C@]32C)C[C@H]1O. The van der Waals surface area contributed by atoms with Gasteiger partial charge in [0.05, 0.1) is 24.4 Å². The van der Waals surface area contributed by atoms with Crippen molar-refractivity contribution in [3.8, 4) is 0 Å². The Labute approximate surface area is 211 Å². The van der Waals surface area contributed by atoms with Crippen molar-refractivity contribution in [1.29, 1.82) is 0 Å². The van der Waals surface area contributed by atoms with Crippen molar-refractivity contribution in [3.05, 3.63) is 23.8 Å². The highest BCUT2D eigenvalue weighted by Crippen LogP contribution is 2.72. The molecule has 1 saturated heterocycles. The second-order valence-corrected chi connectivity index (χ2v) is 14.3. The van der Waals surface area contributed by atoms with Crippen LogP contribution in [0.5, 0.6) is 0 Å². The summed E-state index contributed by atoms with van der Waals surface area (Å²) in [4.78, 5) is 12.8. The fourth-order valence-electron chi connectivity index (χ4n) is 9.81. The Morgan fingerprint density at radius 3 is 2.37 bits per heavy atom. The van der Waals surface area contributed by atoms with Gasteiger partial charge in [-0.05, 0) is 86.5 Å². The molecule has 1 aliphatic heterocycles. The molecule has 0 bridgehead atoms. The molecule has 0 amide bonds. The highest BCUT2D eigenvalue weighted by molar-refractivity contribution is 5.95. The maximum absolute atomic E-state index is 12.8. The largest absolute Gasteiger partial charge is 0.392 e. The fraction of sp³-hybridized carbons (Fsp3) is 0.833. The Bertz CT molecular complexity index is 958. The molecule has 196 valence electrons. The van der Waals surface area contributed by atoms with E-state index in [4.69, 9.17) is 4.74 Å². The number of aliphatic hydroxyl groups excluding tert-OH is 2. The molecule has 3 N–H and O–H groups in total. The molecule has 0 aromatic rings. The number of allylic oxidation sites excluding steroid dienone is 3. The summed E-state index contributed by atoms with van der Waals surface area (Å²) in [7, 11) is 0. The molecule has 1 heterocycles. The third kappa shape index (κ3) is 3.37. The van der Waals surface area contributed by atoms with Crippen LogP contribution in [0.15, 0.2) is 23.8 Å². The molecule has 4 aliphatic carbocycles. The van der Waals surface area contributed by atoms with Gasteiger partial charge in [0.1, 0.15) is 6.10 Å². The lowest BCUT2D eigenvalue weighted by Gasteiger charge is -2.66. The van der Waals surface area contributed by atoms with Crippen molar-refractivity contribution < 1.29 is 24.9 Å². The molecule has 5 heteroatoms. The molecular formula is C30H46O5. The molecule has 0 aromatic heterocycles. The Hall–Kier alpha value is -1.01. The molecule has 0 unspecified atom stereocenters. The van der Waals surface area contributed by atoms with Crippen LogP contribution in [0.4, 0.5) is 0 Å². The monoisotopic (exact) mass is 486 g/mol. The Balaban J connectivity index is 1.45. The van der Waals surface area contributed by atoms with E-state index in [-0.39, 0.29) is 39.8 Å². The van der Waals surface area contributed by atoms with Crippen molar-refractivity contribution in [1.82, 2.24) is 0 Å². The minimum absolute atomic E-state index is 0.0472. The van der Waals surface area contributed by atoms with Gasteiger partial charge in [-0.3, -0.25) is 4.79 Å². The number of aliphatic hydroxyl groups is 3. The zero-order valence-electron chi connectivity index (χ0n) is 22.7. The first-order valence-electron chi connectivity index (χ1n) is 13.7. The summed E-state index contributed by atoms with van der Waals surface area (Å²) in [6, 6.07) is 0. The van der Waals surface area contributed by atoms with Gasteiger partial charge in [-0.1, -0.05) is 52.3 Å². The van der Waals surface area contributed by atoms with Crippen molar-refractivity contribution in [3.63, 3.8) is 0 Å². The van der Waals surface area contributed by atoms with Crippen molar-refractivity contribution in [2.45, 2.75) is 104 Å². The number of ketones is 1. The molecule has 0 spiro atoms. The molecule has 35 heavy (non-hydrogen) atoms. The van der Waals surface area contributed by atoms with Gasteiger partial charge < -0.3 is 20.1 Å². The molecule has 0 aromatic carbocycles. The highest BCUT2D eigenvalue weighted by Gasteiger charge is 2.67. The van der Waals surface area contributed by atoms with Crippen LogP contribution in [0.3, 0.4) is 0 Å². The predicted octanol–water partition coefficient (Wildman–Crippen LogP) is 4.44. The minimum Gasteiger partial charge on any atom is -0.392 e. The lowest BCUT2D eigenvalue weighted by molar-refractivity contribution is -0.189. The normalized spacial score (nSPS) is 51.3. The molecular weight excluding hydrogens is 440 g/mol. The van der Waals surface area contributed by atoms with Gasteiger partial charge in [0.15, 0.2) is 5.78 Å². The lowest BCUT2D eigenvalue weighted by Crippen LogP contribution is -2.64. The summed E-state index contributed by atoms with van der Waals surface area (Å²) in [5, 5.41) is 33.1.